The normalized spacial score (nSPS) is 12.5. The number of aliphatic hydroxyl groups is 2. The van der Waals surface area contributed by atoms with Gasteiger partial charge in [-0.1, -0.05) is 18.2 Å². The van der Waals surface area contributed by atoms with Crippen LogP contribution in [0.3, 0.4) is 0 Å². The number of benzene rings is 2. The Morgan fingerprint density at radius 2 is 1.81 bits per heavy atom. The Kier molecular flexibility index (Phi) is 6.77. The van der Waals surface area contributed by atoms with Gasteiger partial charge >= 0.3 is 6.09 Å². The van der Waals surface area contributed by atoms with Gasteiger partial charge in [0, 0.05) is 23.7 Å². The Morgan fingerprint density at radius 1 is 1.10 bits per heavy atom. The third kappa shape index (κ3) is 5.93. The summed E-state index contributed by atoms with van der Waals surface area (Å²) in [6, 6.07) is 16.9. The van der Waals surface area contributed by atoms with Crippen molar-refractivity contribution in [3.8, 4) is 17.0 Å². The van der Waals surface area contributed by atoms with Crippen LogP contribution in [0.1, 0.15) is 20.8 Å². The molecule has 0 spiro atoms. The number of nitrogens with zero attached hydrogens (tertiary/aromatic N) is 2. The van der Waals surface area contributed by atoms with Gasteiger partial charge in [-0.3, -0.25) is 4.90 Å². The van der Waals surface area contributed by atoms with Gasteiger partial charge < -0.3 is 19.7 Å². The molecular formula is C24H28N2O5. The molecular weight excluding hydrogens is 396 g/mol. The first-order chi connectivity index (χ1) is 14.7. The van der Waals surface area contributed by atoms with E-state index < -0.39 is 17.8 Å². The number of ether oxygens (including phenoxy) is 2. The van der Waals surface area contributed by atoms with Crippen molar-refractivity contribution >= 4 is 22.7 Å². The summed E-state index contributed by atoms with van der Waals surface area (Å²) in [7, 11) is 1.68. The molecule has 2 N–H and O–H groups in total. The van der Waals surface area contributed by atoms with Gasteiger partial charge in [0.25, 0.3) is 0 Å². The quantitative estimate of drug-likeness (QED) is 0.621. The number of rotatable bonds is 6. The highest BCUT2D eigenvalue weighted by Crippen LogP contribution is 2.26. The van der Waals surface area contributed by atoms with Gasteiger partial charge in [-0.25, -0.2) is 9.78 Å². The largest absolute Gasteiger partial charge is 0.491 e. The summed E-state index contributed by atoms with van der Waals surface area (Å²) in [5.41, 5.74) is 2.72. The molecule has 3 aromatic rings. The minimum Gasteiger partial charge on any atom is -0.491 e. The third-order valence-corrected chi connectivity index (χ3v) is 4.53. The smallest absolute Gasteiger partial charge is 0.414 e. The van der Waals surface area contributed by atoms with E-state index in [9.17, 15) is 9.90 Å². The Hall–Kier alpha value is -3.16. The predicted molar refractivity (Wildman–Crippen MR) is 120 cm³/mol. The van der Waals surface area contributed by atoms with Crippen molar-refractivity contribution in [1.29, 1.82) is 0 Å². The monoisotopic (exact) mass is 424 g/mol. The maximum absolute atomic E-state index is 12.2. The minimum absolute atomic E-state index is 0.0254. The lowest BCUT2D eigenvalue weighted by molar-refractivity contribution is 0.0536. The zero-order chi connectivity index (χ0) is 22.6. The first-order valence-electron chi connectivity index (χ1n) is 10.1. The summed E-state index contributed by atoms with van der Waals surface area (Å²) in [6.45, 7) is 5.19. The number of pyridine rings is 1. The molecule has 2 aromatic carbocycles. The van der Waals surface area contributed by atoms with Crippen LogP contribution in [0.2, 0.25) is 0 Å². The standard InChI is InChI=1S/C24H28N2O5/c1-24(2,3)31-23(29)26(4)18-8-5-16(6-9-18)21-11-7-17-13-20(10-12-22(17)25-21)30-15-19(28)14-27/h5-13,19,27-28H,14-15H2,1-4H3/t19-/m1/s1. The molecule has 0 aliphatic heterocycles. The molecule has 0 saturated carbocycles. The van der Waals surface area contributed by atoms with Crippen molar-refractivity contribution < 1.29 is 24.5 Å². The van der Waals surface area contributed by atoms with E-state index in [1.165, 1.54) is 4.90 Å². The van der Waals surface area contributed by atoms with Crippen molar-refractivity contribution in [1.82, 2.24) is 4.98 Å². The van der Waals surface area contributed by atoms with Crippen LogP contribution in [0.25, 0.3) is 22.2 Å². The first kappa shape index (κ1) is 22.5. The van der Waals surface area contributed by atoms with Crippen LogP contribution in [0.5, 0.6) is 5.75 Å². The van der Waals surface area contributed by atoms with Crippen molar-refractivity contribution in [2.45, 2.75) is 32.5 Å². The molecule has 7 heteroatoms. The Bertz CT molecular complexity index is 1040. The zero-order valence-electron chi connectivity index (χ0n) is 18.2. The summed E-state index contributed by atoms with van der Waals surface area (Å²) in [5.74, 6) is 0.601. The molecule has 0 fully saturated rings. The summed E-state index contributed by atoms with van der Waals surface area (Å²) in [4.78, 5) is 18.4. The molecule has 0 bridgehead atoms. The van der Waals surface area contributed by atoms with E-state index in [-0.39, 0.29) is 13.2 Å². The molecule has 0 aliphatic carbocycles. The molecule has 0 unspecified atom stereocenters. The second kappa shape index (κ2) is 9.32. The Labute approximate surface area is 181 Å². The van der Waals surface area contributed by atoms with E-state index in [0.717, 1.165) is 27.8 Å². The van der Waals surface area contributed by atoms with E-state index >= 15 is 0 Å². The van der Waals surface area contributed by atoms with Crippen LogP contribution in [0, 0.1) is 0 Å². The number of anilines is 1. The van der Waals surface area contributed by atoms with E-state index in [0.29, 0.717) is 5.75 Å². The number of carbonyl (C=O) groups excluding carboxylic acids is 1. The molecule has 1 amide bonds. The van der Waals surface area contributed by atoms with Crippen molar-refractivity contribution in [2.75, 3.05) is 25.2 Å². The lowest BCUT2D eigenvalue weighted by atomic mass is 10.1. The molecule has 7 nitrogen and oxygen atoms in total. The van der Waals surface area contributed by atoms with Gasteiger partial charge in [0.15, 0.2) is 0 Å². The van der Waals surface area contributed by atoms with Crippen LogP contribution in [0.15, 0.2) is 54.6 Å². The number of aromatic nitrogens is 1. The Morgan fingerprint density at radius 3 is 2.45 bits per heavy atom. The fourth-order valence-corrected chi connectivity index (χ4v) is 2.89. The second-order valence-corrected chi connectivity index (χ2v) is 8.28. The van der Waals surface area contributed by atoms with E-state index in [4.69, 9.17) is 19.6 Å². The van der Waals surface area contributed by atoms with Gasteiger partial charge in [-0.2, -0.15) is 0 Å². The number of carbonyl (C=O) groups is 1. The number of hydrogen-bond donors (Lipinski definition) is 2. The fourth-order valence-electron chi connectivity index (χ4n) is 2.89. The molecule has 31 heavy (non-hydrogen) atoms. The number of hydrogen-bond acceptors (Lipinski definition) is 6. The molecule has 1 atom stereocenters. The maximum atomic E-state index is 12.2. The van der Waals surface area contributed by atoms with Crippen molar-refractivity contribution in [3.63, 3.8) is 0 Å². The van der Waals surface area contributed by atoms with Gasteiger partial charge in [0.2, 0.25) is 0 Å². The maximum Gasteiger partial charge on any atom is 0.414 e. The summed E-state index contributed by atoms with van der Waals surface area (Å²) >= 11 is 0. The molecule has 0 saturated heterocycles. The number of aliphatic hydroxyl groups excluding tert-OH is 2. The lowest BCUT2D eigenvalue weighted by Crippen LogP contribution is -2.34. The Balaban J connectivity index is 1.75. The summed E-state index contributed by atoms with van der Waals surface area (Å²) < 4.78 is 10.9. The summed E-state index contributed by atoms with van der Waals surface area (Å²) in [5, 5.41) is 19.2. The van der Waals surface area contributed by atoms with Crippen LogP contribution < -0.4 is 9.64 Å². The highest BCUT2D eigenvalue weighted by molar-refractivity contribution is 5.88. The average Bonchev–Trinajstić information content (AvgIpc) is 2.75. The highest BCUT2D eigenvalue weighted by atomic mass is 16.6. The average molecular weight is 424 g/mol. The molecule has 1 heterocycles. The summed E-state index contributed by atoms with van der Waals surface area (Å²) in [6.07, 6.45) is -1.32. The van der Waals surface area contributed by atoms with Gasteiger partial charge in [-0.05, 0) is 57.2 Å². The van der Waals surface area contributed by atoms with Crippen molar-refractivity contribution in [3.05, 3.63) is 54.6 Å². The van der Waals surface area contributed by atoms with Gasteiger partial charge in [0.1, 0.15) is 24.1 Å². The lowest BCUT2D eigenvalue weighted by Gasteiger charge is -2.24. The van der Waals surface area contributed by atoms with E-state index in [1.807, 2.05) is 69.3 Å². The molecule has 3 rings (SSSR count). The zero-order valence-corrected chi connectivity index (χ0v) is 18.2. The predicted octanol–water partition coefficient (Wildman–Crippen LogP) is 4.01. The highest BCUT2D eigenvalue weighted by Gasteiger charge is 2.20. The van der Waals surface area contributed by atoms with E-state index in [1.54, 1.807) is 13.1 Å². The van der Waals surface area contributed by atoms with Crippen LogP contribution in [-0.2, 0) is 4.74 Å². The third-order valence-electron chi connectivity index (χ3n) is 4.53. The fraction of sp³-hybridized carbons (Fsp3) is 0.333. The molecule has 1 aromatic heterocycles. The van der Waals surface area contributed by atoms with Crippen LogP contribution >= 0.6 is 0 Å². The SMILES string of the molecule is CN(C(=O)OC(C)(C)C)c1ccc(-c2ccc3cc(OC[C@H](O)CO)ccc3n2)cc1. The van der Waals surface area contributed by atoms with Gasteiger partial charge in [-0.15, -0.1) is 0 Å². The van der Waals surface area contributed by atoms with Gasteiger partial charge in [0.05, 0.1) is 17.8 Å². The second-order valence-electron chi connectivity index (χ2n) is 8.28. The molecule has 164 valence electrons. The minimum atomic E-state index is -0.909. The van der Waals surface area contributed by atoms with Crippen LogP contribution in [-0.4, -0.2) is 53.3 Å². The van der Waals surface area contributed by atoms with Crippen LogP contribution in [0.4, 0.5) is 10.5 Å². The van der Waals surface area contributed by atoms with E-state index in [2.05, 4.69) is 0 Å². The number of fused-ring (bicyclic) bond motifs is 1. The topological polar surface area (TPSA) is 92.1 Å². The van der Waals surface area contributed by atoms with Crippen molar-refractivity contribution in [2.24, 2.45) is 0 Å². The number of amides is 1. The molecule has 0 aliphatic rings. The molecule has 0 radical (unpaired) electrons. The first-order valence-corrected chi connectivity index (χ1v) is 10.1.